The molecule has 0 spiro atoms. The van der Waals surface area contributed by atoms with Gasteiger partial charge in [-0.3, -0.25) is 0 Å². The molecular formula is C29H33NO4. The van der Waals surface area contributed by atoms with Gasteiger partial charge < -0.3 is 24.6 Å². The molecule has 1 aliphatic rings. The van der Waals surface area contributed by atoms with E-state index in [-0.39, 0.29) is 17.6 Å². The number of ether oxygens (including phenoxy) is 2. The van der Waals surface area contributed by atoms with Crippen LogP contribution >= 0.6 is 0 Å². The number of benzene rings is 3. The van der Waals surface area contributed by atoms with Gasteiger partial charge in [-0.15, -0.1) is 0 Å². The lowest BCUT2D eigenvalue weighted by Gasteiger charge is -2.31. The standard InChI is InChI=1S/C29H33NO4/c1-4-16-30(5-2)17-18-33-25-13-8-22(9-14-25)29-28(21-6-10-23(31)11-7-21)20(3)26-15-12-24(32)19-27(26)34-29/h6-15,19,29,31-32H,4-5,16-18H2,1-3H3/t29-/m0/s1. The number of nitrogens with zero attached hydrogens (tertiary/aromatic N) is 1. The highest BCUT2D eigenvalue weighted by Gasteiger charge is 2.29. The fraction of sp³-hybridized carbons (Fsp3) is 0.310. The maximum absolute atomic E-state index is 10.0. The molecule has 4 rings (SSSR count). The lowest BCUT2D eigenvalue weighted by atomic mass is 9.86. The minimum Gasteiger partial charge on any atom is -0.508 e. The minimum absolute atomic E-state index is 0.173. The maximum Gasteiger partial charge on any atom is 0.150 e. The predicted octanol–water partition coefficient (Wildman–Crippen LogP) is 6.27. The van der Waals surface area contributed by atoms with E-state index in [1.807, 2.05) is 42.5 Å². The Hall–Kier alpha value is -3.44. The Balaban J connectivity index is 1.60. The fourth-order valence-electron chi connectivity index (χ4n) is 4.47. The van der Waals surface area contributed by atoms with Gasteiger partial charge in [-0.05, 0) is 79.5 Å². The van der Waals surface area contributed by atoms with Crippen LogP contribution in [0.1, 0.15) is 50.0 Å². The molecule has 0 radical (unpaired) electrons. The van der Waals surface area contributed by atoms with E-state index in [2.05, 4.69) is 25.7 Å². The molecule has 1 heterocycles. The van der Waals surface area contributed by atoms with E-state index in [1.54, 1.807) is 24.3 Å². The molecule has 0 amide bonds. The summed E-state index contributed by atoms with van der Waals surface area (Å²) in [7, 11) is 0. The van der Waals surface area contributed by atoms with Crippen LogP contribution in [0.4, 0.5) is 0 Å². The first-order valence-electron chi connectivity index (χ1n) is 12.0. The minimum atomic E-state index is -0.354. The van der Waals surface area contributed by atoms with Crippen LogP contribution < -0.4 is 9.47 Å². The summed E-state index contributed by atoms with van der Waals surface area (Å²) in [4.78, 5) is 2.38. The van der Waals surface area contributed by atoms with Crippen molar-refractivity contribution in [2.24, 2.45) is 0 Å². The zero-order chi connectivity index (χ0) is 24.1. The average Bonchev–Trinajstić information content (AvgIpc) is 2.84. The normalized spacial score (nSPS) is 15.2. The third-order valence-corrected chi connectivity index (χ3v) is 6.30. The lowest BCUT2D eigenvalue weighted by Crippen LogP contribution is -2.29. The first kappa shape index (κ1) is 23.7. The van der Waals surface area contributed by atoms with Crippen molar-refractivity contribution in [3.05, 3.63) is 83.4 Å². The van der Waals surface area contributed by atoms with Crippen LogP contribution in [-0.4, -0.2) is 41.4 Å². The van der Waals surface area contributed by atoms with Crippen LogP contribution in [0.15, 0.2) is 66.7 Å². The van der Waals surface area contributed by atoms with Crippen molar-refractivity contribution in [2.45, 2.75) is 33.3 Å². The largest absolute Gasteiger partial charge is 0.508 e. The second-order valence-electron chi connectivity index (χ2n) is 8.62. The SMILES string of the molecule is CCCN(CC)CCOc1ccc([C@@H]2Oc3cc(O)ccc3C(C)=C2c2ccc(O)cc2)cc1. The zero-order valence-corrected chi connectivity index (χ0v) is 20.1. The van der Waals surface area contributed by atoms with E-state index in [4.69, 9.17) is 9.47 Å². The smallest absolute Gasteiger partial charge is 0.150 e. The van der Waals surface area contributed by atoms with Crippen molar-refractivity contribution in [1.82, 2.24) is 4.90 Å². The van der Waals surface area contributed by atoms with Crippen molar-refractivity contribution >= 4 is 11.1 Å². The molecule has 3 aromatic carbocycles. The van der Waals surface area contributed by atoms with Crippen LogP contribution in [0.2, 0.25) is 0 Å². The highest BCUT2D eigenvalue weighted by molar-refractivity contribution is 5.95. The zero-order valence-electron chi connectivity index (χ0n) is 20.1. The van der Waals surface area contributed by atoms with Gasteiger partial charge in [0.2, 0.25) is 0 Å². The summed E-state index contributed by atoms with van der Waals surface area (Å²) in [5.41, 5.74) is 5.03. The Labute approximate surface area is 201 Å². The molecule has 2 N–H and O–H groups in total. The monoisotopic (exact) mass is 459 g/mol. The molecule has 5 nitrogen and oxygen atoms in total. The number of allylic oxidation sites excluding steroid dienone is 1. The average molecular weight is 460 g/mol. The number of hydrogen-bond donors (Lipinski definition) is 2. The summed E-state index contributed by atoms with van der Waals surface area (Å²) < 4.78 is 12.4. The lowest BCUT2D eigenvalue weighted by molar-refractivity contribution is 0.215. The van der Waals surface area contributed by atoms with Gasteiger partial charge in [-0.25, -0.2) is 0 Å². The first-order chi connectivity index (χ1) is 16.5. The third kappa shape index (κ3) is 5.20. The molecule has 0 fully saturated rings. The van der Waals surface area contributed by atoms with Crippen molar-refractivity contribution in [3.63, 3.8) is 0 Å². The first-order valence-corrected chi connectivity index (χ1v) is 12.0. The molecule has 1 aliphatic heterocycles. The van der Waals surface area contributed by atoms with E-state index in [9.17, 15) is 10.2 Å². The van der Waals surface area contributed by atoms with Gasteiger partial charge >= 0.3 is 0 Å². The number of phenols is 2. The number of fused-ring (bicyclic) bond motifs is 1. The Bertz CT molecular complexity index is 1140. The Kier molecular flexibility index (Phi) is 7.43. The van der Waals surface area contributed by atoms with Gasteiger partial charge in [0.25, 0.3) is 0 Å². The molecule has 0 bridgehead atoms. The predicted molar refractivity (Wildman–Crippen MR) is 136 cm³/mol. The van der Waals surface area contributed by atoms with Crippen LogP contribution in [0.5, 0.6) is 23.0 Å². The fourth-order valence-corrected chi connectivity index (χ4v) is 4.47. The van der Waals surface area contributed by atoms with Gasteiger partial charge in [0.15, 0.2) is 0 Å². The topological polar surface area (TPSA) is 62.2 Å². The van der Waals surface area contributed by atoms with E-state index in [0.717, 1.165) is 59.6 Å². The molecule has 34 heavy (non-hydrogen) atoms. The van der Waals surface area contributed by atoms with E-state index < -0.39 is 0 Å². The molecule has 0 unspecified atom stereocenters. The summed E-state index contributed by atoms with van der Waals surface area (Å²) in [6, 6.07) is 20.4. The molecule has 0 aromatic heterocycles. The Morgan fingerprint density at radius 1 is 0.882 bits per heavy atom. The van der Waals surface area contributed by atoms with Gasteiger partial charge in [-0.1, -0.05) is 38.1 Å². The molecule has 1 atom stereocenters. The van der Waals surface area contributed by atoms with E-state index >= 15 is 0 Å². The van der Waals surface area contributed by atoms with E-state index in [0.29, 0.717) is 12.4 Å². The number of likely N-dealkylation sites (N-methyl/N-ethyl adjacent to an activating group) is 1. The Morgan fingerprint density at radius 3 is 2.26 bits per heavy atom. The number of aromatic hydroxyl groups is 2. The third-order valence-electron chi connectivity index (χ3n) is 6.30. The summed E-state index contributed by atoms with van der Waals surface area (Å²) in [5, 5.41) is 19.8. The van der Waals surface area contributed by atoms with Gasteiger partial charge in [0.05, 0.1) is 0 Å². The number of hydrogen-bond acceptors (Lipinski definition) is 5. The van der Waals surface area contributed by atoms with Crippen molar-refractivity contribution in [1.29, 1.82) is 0 Å². The molecule has 0 saturated heterocycles. The van der Waals surface area contributed by atoms with Gasteiger partial charge in [0, 0.05) is 23.7 Å². The number of rotatable bonds is 9. The van der Waals surface area contributed by atoms with Crippen LogP contribution in [-0.2, 0) is 0 Å². The molecule has 3 aromatic rings. The summed E-state index contributed by atoms with van der Waals surface area (Å²) in [6.07, 6.45) is 0.786. The van der Waals surface area contributed by atoms with Crippen LogP contribution in [0.3, 0.4) is 0 Å². The second kappa shape index (κ2) is 10.7. The quantitative estimate of drug-likeness (QED) is 0.395. The van der Waals surface area contributed by atoms with Gasteiger partial charge in [0.1, 0.15) is 35.7 Å². The second-order valence-corrected chi connectivity index (χ2v) is 8.62. The summed E-state index contributed by atoms with van der Waals surface area (Å²) in [6.45, 7) is 10.1. The summed E-state index contributed by atoms with van der Waals surface area (Å²) in [5.74, 6) is 1.88. The van der Waals surface area contributed by atoms with Crippen molar-refractivity contribution in [3.8, 4) is 23.0 Å². The van der Waals surface area contributed by atoms with Crippen molar-refractivity contribution < 1.29 is 19.7 Å². The number of phenolic OH excluding ortho intramolecular Hbond substituents is 2. The Morgan fingerprint density at radius 2 is 1.59 bits per heavy atom. The molecular weight excluding hydrogens is 426 g/mol. The van der Waals surface area contributed by atoms with Crippen molar-refractivity contribution in [2.75, 3.05) is 26.2 Å². The molecule has 0 saturated carbocycles. The summed E-state index contributed by atoms with van der Waals surface area (Å²) >= 11 is 0. The highest BCUT2D eigenvalue weighted by Crippen LogP contribution is 2.47. The van der Waals surface area contributed by atoms with Crippen LogP contribution in [0, 0.1) is 0 Å². The maximum atomic E-state index is 10.0. The molecule has 5 heteroatoms. The van der Waals surface area contributed by atoms with E-state index in [1.165, 1.54) is 0 Å². The molecule has 0 aliphatic carbocycles. The molecule has 178 valence electrons. The van der Waals surface area contributed by atoms with Crippen LogP contribution in [0.25, 0.3) is 11.1 Å². The van der Waals surface area contributed by atoms with Gasteiger partial charge in [-0.2, -0.15) is 0 Å². The highest BCUT2D eigenvalue weighted by atomic mass is 16.5.